The second-order valence-corrected chi connectivity index (χ2v) is 10.1. The Morgan fingerprint density at radius 3 is 2.62 bits per heavy atom. The van der Waals surface area contributed by atoms with Gasteiger partial charge in [0.25, 0.3) is 0 Å². The number of benzene rings is 1. The number of aliphatic hydroxyl groups is 1. The van der Waals surface area contributed by atoms with Crippen LogP contribution in [0.1, 0.15) is 39.0 Å². The molecular weight excluding hydrogens is 476 g/mol. The molecule has 1 fully saturated rings. The first-order chi connectivity index (χ1) is 17.7. The highest BCUT2D eigenvalue weighted by molar-refractivity contribution is 5.89. The van der Waals surface area contributed by atoms with E-state index in [1.54, 1.807) is 17.0 Å². The Hall–Kier alpha value is -3.44. The number of hydrogen-bond acceptors (Lipinski definition) is 8. The largest absolute Gasteiger partial charge is 0.444 e. The van der Waals surface area contributed by atoms with Gasteiger partial charge in [0.1, 0.15) is 11.4 Å². The molecule has 11 nitrogen and oxygen atoms in total. The SMILES string of the molecule is CCNC(=O)Nc1ccc(-c2nc3c(c(N4CCOC[C@@H]4CO)n2)CCN(C(=O)OC(C)(C)C)C3)cc1. The van der Waals surface area contributed by atoms with Crippen molar-refractivity contribution in [2.45, 2.75) is 52.3 Å². The lowest BCUT2D eigenvalue weighted by molar-refractivity contribution is 0.0220. The lowest BCUT2D eigenvalue weighted by atomic mass is 10.0. The van der Waals surface area contributed by atoms with Gasteiger partial charge in [0.2, 0.25) is 0 Å². The summed E-state index contributed by atoms with van der Waals surface area (Å²) in [4.78, 5) is 38.2. The predicted octanol–water partition coefficient (Wildman–Crippen LogP) is 2.78. The Morgan fingerprint density at radius 1 is 1.19 bits per heavy atom. The molecule has 2 aliphatic rings. The monoisotopic (exact) mass is 512 g/mol. The Bertz CT molecular complexity index is 1120. The van der Waals surface area contributed by atoms with Gasteiger partial charge in [0.05, 0.1) is 38.1 Å². The smallest absolute Gasteiger partial charge is 0.410 e. The maximum absolute atomic E-state index is 12.8. The van der Waals surface area contributed by atoms with Gasteiger partial charge in [-0.05, 0) is 58.4 Å². The Balaban J connectivity index is 1.68. The van der Waals surface area contributed by atoms with Crippen LogP contribution in [0.25, 0.3) is 11.4 Å². The maximum Gasteiger partial charge on any atom is 0.410 e. The summed E-state index contributed by atoms with van der Waals surface area (Å²) in [6, 6.07) is 6.81. The third kappa shape index (κ3) is 6.47. The summed E-state index contributed by atoms with van der Waals surface area (Å²) in [5.41, 5.74) is 2.56. The highest BCUT2D eigenvalue weighted by Crippen LogP contribution is 2.32. The number of urea groups is 1. The number of ether oxygens (including phenoxy) is 2. The summed E-state index contributed by atoms with van der Waals surface area (Å²) >= 11 is 0. The number of amides is 3. The molecule has 0 unspecified atom stereocenters. The molecule has 1 aromatic heterocycles. The van der Waals surface area contributed by atoms with Crippen molar-refractivity contribution in [1.29, 1.82) is 0 Å². The lowest BCUT2D eigenvalue weighted by Crippen LogP contribution is -2.49. The van der Waals surface area contributed by atoms with E-state index in [2.05, 4.69) is 15.5 Å². The second-order valence-electron chi connectivity index (χ2n) is 10.1. The third-order valence-corrected chi connectivity index (χ3v) is 6.14. The molecule has 2 aliphatic heterocycles. The van der Waals surface area contributed by atoms with E-state index in [1.165, 1.54) is 0 Å². The zero-order chi connectivity index (χ0) is 26.6. The molecule has 2 aromatic rings. The van der Waals surface area contributed by atoms with Crippen LogP contribution in [0, 0.1) is 0 Å². The number of aliphatic hydroxyl groups excluding tert-OH is 1. The van der Waals surface area contributed by atoms with E-state index >= 15 is 0 Å². The molecule has 1 atom stereocenters. The van der Waals surface area contributed by atoms with Crippen LogP contribution >= 0.6 is 0 Å². The van der Waals surface area contributed by atoms with Gasteiger partial charge in [-0.25, -0.2) is 19.6 Å². The number of rotatable bonds is 5. The average molecular weight is 513 g/mol. The molecule has 0 spiro atoms. The van der Waals surface area contributed by atoms with Crippen LogP contribution in [0.2, 0.25) is 0 Å². The van der Waals surface area contributed by atoms with Gasteiger partial charge in [-0.15, -0.1) is 0 Å². The number of hydrogen-bond donors (Lipinski definition) is 3. The fourth-order valence-corrected chi connectivity index (χ4v) is 4.38. The van der Waals surface area contributed by atoms with Crippen molar-refractivity contribution in [3.63, 3.8) is 0 Å². The van der Waals surface area contributed by atoms with Crippen molar-refractivity contribution >= 4 is 23.6 Å². The molecule has 4 rings (SSSR count). The molecular formula is C26H36N6O5. The van der Waals surface area contributed by atoms with Crippen molar-refractivity contribution < 1.29 is 24.2 Å². The van der Waals surface area contributed by atoms with Crippen molar-refractivity contribution in [2.24, 2.45) is 0 Å². The van der Waals surface area contributed by atoms with Gasteiger partial charge >= 0.3 is 12.1 Å². The number of nitrogens with zero attached hydrogens (tertiary/aromatic N) is 4. The highest BCUT2D eigenvalue weighted by atomic mass is 16.6. The number of carbonyl (C=O) groups is 2. The number of aromatic nitrogens is 2. The topological polar surface area (TPSA) is 129 Å². The summed E-state index contributed by atoms with van der Waals surface area (Å²) in [7, 11) is 0. The number of fused-ring (bicyclic) bond motifs is 1. The quantitative estimate of drug-likeness (QED) is 0.558. The Morgan fingerprint density at radius 2 is 1.95 bits per heavy atom. The van der Waals surface area contributed by atoms with E-state index in [-0.39, 0.29) is 24.8 Å². The predicted molar refractivity (Wildman–Crippen MR) is 140 cm³/mol. The van der Waals surface area contributed by atoms with Crippen LogP contribution in [0.3, 0.4) is 0 Å². The van der Waals surface area contributed by atoms with Crippen molar-refractivity contribution in [2.75, 3.05) is 49.7 Å². The van der Waals surface area contributed by atoms with Crippen LogP contribution in [0.15, 0.2) is 24.3 Å². The Kier molecular flexibility index (Phi) is 8.13. The summed E-state index contributed by atoms with van der Waals surface area (Å²) in [5.74, 6) is 1.27. The molecule has 3 heterocycles. The minimum Gasteiger partial charge on any atom is -0.444 e. The van der Waals surface area contributed by atoms with Crippen LogP contribution < -0.4 is 15.5 Å². The van der Waals surface area contributed by atoms with E-state index in [1.807, 2.05) is 39.8 Å². The average Bonchev–Trinajstić information content (AvgIpc) is 2.87. The molecule has 200 valence electrons. The number of nitrogens with one attached hydrogen (secondary N) is 2. The van der Waals surface area contributed by atoms with E-state index in [0.29, 0.717) is 57.3 Å². The summed E-state index contributed by atoms with van der Waals surface area (Å²) < 4.78 is 11.2. The zero-order valence-electron chi connectivity index (χ0n) is 21.9. The molecule has 0 radical (unpaired) electrons. The molecule has 3 amide bonds. The number of morpholine rings is 1. The van der Waals surface area contributed by atoms with Crippen molar-refractivity contribution in [1.82, 2.24) is 20.2 Å². The van der Waals surface area contributed by atoms with Gasteiger partial charge in [-0.3, -0.25) is 0 Å². The maximum atomic E-state index is 12.8. The van der Waals surface area contributed by atoms with E-state index in [4.69, 9.17) is 19.4 Å². The molecule has 3 N–H and O–H groups in total. The summed E-state index contributed by atoms with van der Waals surface area (Å²) in [6.07, 6.45) is 0.204. The molecule has 37 heavy (non-hydrogen) atoms. The lowest BCUT2D eigenvalue weighted by Gasteiger charge is -2.38. The van der Waals surface area contributed by atoms with Crippen LogP contribution in [0.5, 0.6) is 0 Å². The summed E-state index contributed by atoms with van der Waals surface area (Å²) in [6.45, 7) is 10.2. The van der Waals surface area contributed by atoms with E-state index in [0.717, 1.165) is 22.6 Å². The van der Waals surface area contributed by atoms with Crippen molar-refractivity contribution in [3.05, 3.63) is 35.5 Å². The minimum absolute atomic E-state index is 0.0572. The molecule has 0 bridgehead atoms. The fourth-order valence-electron chi connectivity index (χ4n) is 4.38. The van der Waals surface area contributed by atoms with Gasteiger partial charge in [0, 0.05) is 36.4 Å². The van der Waals surface area contributed by atoms with Gasteiger partial charge in [0.15, 0.2) is 5.82 Å². The van der Waals surface area contributed by atoms with E-state index in [9.17, 15) is 14.7 Å². The fraction of sp³-hybridized carbons (Fsp3) is 0.538. The summed E-state index contributed by atoms with van der Waals surface area (Å²) in [5, 5.41) is 15.5. The standard InChI is InChI=1S/C26H36N6O5/c1-5-27-24(34)28-18-8-6-17(7-9-18)22-29-21-14-31(25(35)37-26(2,3)4)11-10-20(21)23(30-22)32-12-13-36-16-19(32)15-33/h6-9,19,33H,5,10-16H2,1-4H3,(H2,27,28,34)/t19-/m0/s1. The minimum atomic E-state index is -0.592. The first-order valence-corrected chi connectivity index (χ1v) is 12.7. The molecule has 11 heteroatoms. The van der Waals surface area contributed by atoms with Crippen LogP contribution in [0.4, 0.5) is 21.1 Å². The first-order valence-electron chi connectivity index (χ1n) is 12.7. The van der Waals surface area contributed by atoms with Crippen molar-refractivity contribution in [3.8, 4) is 11.4 Å². The third-order valence-electron chi connectivity index (χ3n) is 6.14. The molecule has 0 aliphatic carbocycles. The van der Waals surface area contributed by atoms with Gasteiger partial charge in [-0.2, -0.15) is 0 Å². The zero-order valence-corrected chi connectivity index (χ0v) is 21.9. The Labute approximate surface area is 217 Å². The van der Waals surface area contributed by atoms with E-state index < -0.39 is 5.60 Å². The van der Waals surface area contributed by atoms with Gasteiger partial charge in [-0.1, -0.05) is 0 Å². The number of carbonyl (C=O) groups excluding carboxylic acids is 2. The van der Waals surface area contributed by atoms with Crippen LogP contribution in [-0.4, -0.2) is 83.2 Å². The molecule has 1 aromatic carbocycles. The normalized spacial score (nSPS) is 17.7. The number of anilines is 2. The van der Waals surface area contributed by atoms with Gasteiger partial charge < -0.3 is 35.0 Å². The highest BCUT2D eigenvalue weighted by Gasteiger charge is 2.32. The molecule has 0 saturated carbocycles. The first kappa shape index (κ1) is 26.6. The second kappa shape index (κ2) is 11.3. The molecule has 1 saturated heterocycles. The van der Waals surface area contributed by atoms with Crippen LogP contribution in [-0.2, 0) is 22.4 Å².